The molecule has 0 spiro atoms. The third-order valence-electron chi connectivity index (χ3n) is 3.25. The first-order chi connectivity index (χ1) is 9.47. The highest BCUT2D eigenvalue weighted by Gasteiger charge is 2.16. The van der Waals surface area contributed by atoms with Gasteiger partial charge in [-0.3, -0.25) is 0 Å². The molecule has 0 aliphatic carbocycles. The Balaban J connectivity index is 2.41. The maximum absolute atomic E-state index is 12.0. The van der Waals surface area contributed by atoms with Crippen LogP contribution in [0.15, 0.2) is 24.3 Å². The number of nitrogens with one attached hydrogen (secondary N) is 2. The maximum Gasteiger partial charge on any atom is 0.279 e. The largest absolute Gasteiger partial charge is 0.320 e. The van der Waals surface area contributed by atoms with Crippen molar-refractivity contribution in [3.05, 3.63) is 35.4 Å². The third-order valence-corrected chi connectivity index (χ3v) is 4.82. The predicted octanol–water partition coefficient (Wildman–Crippen LogP) is 0.913. The maximum atomic E-state index is 12.0. The fourth-order valence-corrected chi connectivity index (χ4v) is 2.86. The summed E-state index contributed by atoms with van der Waals surface area (Å²) in [4.78, 5) is 0. The first kappa shape index (κ1) is 17.1. The second-order valence-corrected chi connectivity index (χ2v) is 6.72. The van der Waals surface area contributed by atoms with Crippen LogP contribution in [-0.2, 0) is 16.6 Å². The first-order valence-electron chi connectivity index (χ1n) is 6.87. The van der Waals surface area contributed by atoms with Crippen molar-refractivity contribution >= 4 is 10.2 Å². The van der Waals surface area contributed by atoms with Crippen LogP contribution < -0.4 is 10.0 Å². The van der Waals surface area contributed by atoms with Gasteiger partial charge in [-0.05, 0) is 44.5 Å². The minimum atomic E-state index is -3.37. The van der Waals surface area contributed by atoms with Crippen molar-refractivity contribution in [3.8, 4) is 0 Å². The molecule has 0 aliphatic heterocycles. The molecule has 1 rings (SSSR count). The molecule has 6 heteroatoms. The molecule has 0 aromatic heterocycles. The van der Waals surface area contributed by atoms with Crippen molar-refractivity contribution in [1.82, 2.24) is 14.3 Å². The summed E-state index contributed by atoms with van der Waals surface area (Å²) >= 11 is 0. The van der Waals surface area contributed by atoms with Gasteiger partial charge in [0, 0.05) is 20.1 Å². The zero-order valence-corrected chi connectivity index (χ0v) is 13.3. The number of nitrogens with zero attached hydrogens (tertiary/aromatic N) is 1. The van der Waals surface area contributed by atoms with E-state index < -0.39 is 10.2 Å². The van der Waals surface area contributed by atoms with Gasteiger partial charge in [0.15, 0.2) is 0 Å². The summed E-state index contributed by atoms with van der Waals surface area (Å²) in [6.07, 6.45) is 1.50. The van der Waals surface area contributed by atoms with Crippen LogP contribution in [0.2, 0.25) is 0 Å². The van der Waals surface area contributed by atoms with Crippen molar-refractivity contribution in [2.45, 2.75) is 19.8 Å². The van der Waals surface area contributed by atoms with Crippen LogP contribution in [-0.4, -0.2) is 46.5 Å². The molecule has 114 valence electrons. The van der Waals surface area contributed by atoms with Crippen LogP contribution in [0.3, 0.4) is 0 Å². The van der Waals surface area contributed by atoms with Gasteiger partial charge in [-0.2, -0.15) is 12.7 Å². The smallest absolute Gasteiger partial charge is 0.279 e. The summed E-state index contributed by atoms with van der Waals surface area (Å²) in [5.74, 6) is 0. The molecule has 1 aromatic rings. The van der Waals surface area contributed by atoms with Gasteiger partial charge in [-0.15, -0.1) is 0 Å². The molecule has 0 saturated carbocycles. The average Bonchev–Trinajstić information content (AvgIpc) is 2.41. The molecule has 2 N–H and O–H groups in total. The highest BCUT2D eigenvalue weighted by Crippen LogP contribution is 2.07. The highest BCUT2D eigenvalue weighted by atomic mass is 32.2. The lowest BCUT2D eigenvalue weighted by atomic mass is 10.1. The predicted molar refractivity (Wildman–Crippen MR) is 83.0 cm³/mol. The van der Waals surface area contributed by atoms with Gasteiger partial charge in [0.1, 0.15) is 0 Å². The molecule has 0 unspecified atom stereocenters. The topological polar surface area (TPSA) is 61.4 Å². The van der Waals surface area contributed by atoms with Gasteiger partial charge < -0.3 is 5.32 Å². The van der Waals surface area contributed by atoms with E-state index in [1.54, 1.807) is 7.05 Å². The van der Waals surface area contributed by atoms with Crippen molar-refractivity contribution in [1.29, 1.82) is 0 Å². The van der Waals surface area contributed by atoms with Crippen LogP contribution in [0.1, 0.15) is 17.5 Å². The molecule has 0 aliphatic rings. The van der Waals surface area contributed by atoms with Crippen molar-refractivity contribution < 1.29 is 8.42 Å². The summed E-state index contributed by atoms with van der Waals surface area (Å²) in [6.45, 7) is 3.78. The highest BCUT2D eigenvalue weighted by molar-refractivity contribution is 7.87. The molecule has 0 amide bonds. The first-order valence-corrected chi connectivity index (χ1v) is 8.31. The molecule has 0 heterocycles. The number of hydrogen-bond acceptors (Lipinski definition) is 3. The molecule has 20 heavy (non-hydrogen) atoms. The van der Waals surface area contributed by atoms with Crippen LogP contribution >= 0.6 is 0 Å². The van der Waals surface area contributed by atoms with Crippen LogP contribution in [0.25, 0.3) is 0 Å². The van der Waals surface area contributed by atoms with Crippen LogP contribution in [0, 0.1) is 6.92 Å². The van der Waals surface area contributed by atoms with Crippen molar-refractivity contribution in [3.63, 3.8) is 0 Å². The zero-order chi connectivity index (χ0) is 15.0. The van der Waals surface area contributed by atoms with Gasteiger partial charge in [0.25, 0.3) is 10.2 Å². The Morgan fingerprint density at radius 1 is 1.20 bits per heavy atom. The molecule has 0 radical (unpaired) electrons. The van der Waals surface area contributed by atoms with Crippen molar-refractivity contribution in [2.75, 3.05) is 33.7 Å². The molecule has 0 bridgehead atoms. The summed E-state index contributed by atoms with van der Waals surface area (Å²) in [5, 5.41) is 3.00. The standard InChI is InChI=1S/C14H25N3O2S/c1-13-7-4-5-8-14(13)9-11-16-20(18,19)17(3)12-6-10-15-2/h4-5,7-8,15-16H,6,9-12H2,1-3H3. The van der Waals surface area contributed by atoms with E-state index in [0.29, 0.717) is 19.5 Å². The van der Waals surface area contributed by atoms with Gasteiger partial charge in [0.05, 0.1) is 0 Å². The number of benzene rings is 1. The molecule has 0 saturated heterocycles. The second-order valence-electron chi connectivity index (χ2n) is 4.85. The SMILES string of the molecule is CNCCCN(C)S(=O)(=O)NCCc1ccccc1C. The van der Waals surface area contributed by atoms with Gasteiger partial charge in [-0.25, -0.2) is 4.72 Å². The van der Waals surface area contributed by atoms with Gasteiger partial charge >= 0.3 is 0 Å². The Hall–Kier alpha value is -0.950. The van der Waals surface area contributed by atoms with Gasteiger partial charge in [-0.1, -0.05) is 24.3 Å². The van der Waals surface area contributed by atoms with E-state index in [9.17, 15) is 8.42 Å². The Kier molecular flexibility index (Phi) is 7.15. The fraction of sp³-hybridized carbons (Fsp3) is 0.571. The summed E-state index contributed by atoms with van der Waals surface area (Å²) in [7, 11) is 0.0908. The Bertz CT molecular complexity index is 503. The Morgan fingerprint density at radius 2 is 1.90 bits per heavy atom. The summed E-state index contributed by atoms with van der Waals surface area (Å²) in [6, 6.07) is 8.02. The molecule has 0 atom stereocenters. The molecular formula is C14H25N3O2S. The average molecular weight is 299 g/mol. The van der Waals surface area contributed by atoms with Crippen LogP contribution in [0.5, 0.6) is 0 Å². The number of hydrogen-bond donors (Lipinski definition) is 2. The zero-order valence-electron chi connectivity index (χ0n) is 12.5. The Labute approximate surface area is 122 Å². The lowest BCUT2D eigenvalue weighted by molar-refractivity contribution is 0.448. The van der Waals surface area contributed by atoms with E-state index in [1.807, 2.05) is 38.2 Å². The summed E-state index contributed by atoms with van der Waals surface area (Å²) in [5.41, 5.74) is 2.36. The molecule has 1 aromatic carbocycles. The normalized spacial score (nSPS) is 12.0. The quantitative estimate of drug-likeness (QED) is 0.666. The number of aryl methyl sites for hydroxylation is 1. The van der Waals surface area contributed by atoms with E-state index in [0.717, 1.165) is 13.0 Å². The Morgan fingerprint density at radius 3 is 2.55 bits per heavy atom. The monoisotopic (exact) mass is 299 g/mol. The van der Waals surface area contributed by atoms with Crippen LogP contribution in [0.4, 0.5) is 0 Å². The lowest BCUT2D eigenvalue weighted by Gasteiger charge is -2.17. The fourth-order valence-electron chi connectivity index (χ4n) is 1.91. The molecule has 5 nitrogen and oxygen atoms in total. The minimum Gasteiger partial charge on any atom is -0.320 e. The molecular weight excluding hydrogens is 274 g/mol. The third kappa shape index (κ3) is 5.58. The lowest BCUT2D eigenvalue weighted by Crippen LogP contribution is -2.40. The van der Waals surface area contributed by atoms with E-state index in [-0.39, 0.29) is 0 Å². The van der Waals surface area contributed by atoms with E-state index in [2.05, 4.69) is 10.0 Å². The van der Waals surface area contributed by atoms with E-state index >= 15 is 0 Å². The second kappa shape index (κ2) is 8.36. The number of rotatable bonds is 9. The van der Waals surface area contributed by atoms with E-state index in [1.165, 1.54) is 15.4 Å². The summed E-state index contributed by atoms with van der Waals surface area (Å²) < 4.78 is 28.0. The van der Waals surface area contributed by atoms with E-state index in [4.69, 9.17) is 0 Å². The minimum absolute atomic E-state index is 0.420. The van der Waals surface area contributed by atoms with Gasteiger partial charge in [0.2, 0.25) is 0 Å². The van der Waals surface area contributed by atoms with Crippen molar-refractivity contribution in [2.24, 2.45) is 0 Å². The molecule has 0 fully saturated rings.